The molecule has 13 heteroatoms. The van der Waals surface area contributed by atoms with E-state index in [4.69, 9.17) is 18.5 Å². The van der Waals surface area contributed by atoms with Gasteiger partial charge in [-0.25, -0.2) is 4.57 Å². The van der Waals surface area contributed by atoms with Crippen molar-refractivity contribution in [3.8, 4) is 0 Å². The number of unbranched alkanes of at least 4 members (excludes halogenated alkanes) is 35. The van der Waals surface area contributed by atoms with Gasteiger partial charge in [-0.15, -0.1) is 0 Å². The van der Waals surface area contributed by atoms with Crippen molar-refractivity contribution in [1.82, 2.24) is 0 Å². The van der Waals surface area contributed by atoms with Gasteiger partial charge in [-0.3, -0.25) is 13.8 Å². The molecule has 0 aromatic rings. The number of phosphoric ester groups is 1. The van der Waals surface area contributed by atoms with Crippen molar-refractivity contribution in [1.29, 1.82) is 0 Å². The third kappa shape index (κ3) is 33.8. The van der Waals surface area contributed by atoms with E-state index in [-0.39, 0.29) is 13.0 Å². The highest BCUT2D eigenvalue weighted by Crippen LogP contribution is 2.47. The minimum atomic E-state index is -5.01. The van der Waals surface area contributed by atoms with Gasteiger partial charge in [-0.1, -0.05) is 239 Å². The minimum absolute atomic E-state index is 0.0673. The fraction of sp³-hybridized carbons (Fsp3) is 0.980. The highest BCUT2D eigenvalue weighted by Gasteiger charge is 2.51. The Bertz CT molecular complexity index is 1070. The summed E-state index contributed by atoms with van der Waals surface area (Å²) in [5.41, 5.74) is 0. The molecule has 0 radical (unpaired) electrons. The van der Waals surface area contributed by atoms with Gasteiger partial charge in [0.1, 0.15) is 42.7 Å². The maximum absolute atomic E-state index is 12.9. The van der Waals surface area contributed by atoms with Crippen LogP contribution in [0.4, 0.5) is 0 Å². The molecule has 6 unspecified atom stereocenters. The van der Waals surface area contributed by atoms with Crippen LogP contribution in [0.2, 0.25) is 0 Å². The molecule has 0 aromatic heterocycles. The fourth-order valence-corrected chi connectivity index (χ4v) is 9.68. The number of aliphatic hydroxyl groups excluding tert-OH is 5. The number of carbonyl (C=O) groups is 1. The van der Waals surface area contributed by atoms with Gasteiger partial charge >= 0.3 is 13.8 Å². The van der Waals surface area contributed by atoms with Crippen LogP contribution in [0, 0.1) is 0 Å². The second kappa shape index (κ2) is 42.4. The summed E-state index contributed by atoms with van der Waals surface area (Å²) in [6.07, 6.45) is 34.6. The van der Waals surface area contributed by atoms with Gasteiger partial charge < -0.3 is 39.9 Å². The highest BCUT2D eigenvalue weighted by atomic mass is 31.2. The summed E-state index contributed by atoms with van der Waals surface area (Å²) in [5.74, 6) is -0.469. The topological polar surface area (TPSA) is 192 Å². The highest BCUT2D eigenvalue weighted by molar-refractivity contribution is 7.47. The SMILES string of the molecule is CCCCCCCCCCCCCCCCCCCCCCCOCC(COP(=O)(O)OC1C(O)C(O)C(O)C(O)C1O)OC(=O)CCCCCCCCCCCCCCCCCC. The maximum Gasteiger partial charge on any atom is 0.472 e. The zero-order valence-corrected chi connectivity index (χ0v) is 42.0. The number of hydrogen-bond acceptors (Lipinski definition) is 11. The molecular weight excluding hydrogens is 836 g/mol. The van der Waals surface area contributed by atoms with Gasteiger partial charge in [0.05, 0.1) is 13.2 Å². The third-order valence-electron chi connectivity index (χ3n) is 13.0. The molecule has 1 fully saturated rings. The standard InChI is InChI=1S/C51H101O12P/c1-3-5-7-9-11-13-15-17-19-21-22-23-24-25-27-29-31-33-35-37-39-41-60-42-44(43-61-64(58,59)63-51-49(56)47(54)46(53)48(55)50(51)57)62-45(52)40-38-36-34-32-30-28-26-20-18-16-14-12-10-8-6-4-2/h44,46-51,53-57H,3-43H2,1-2H3,(H,58,59). The van der Waals surface area contributed by atoms with E-state index in [0.29, 0.717) is 13.0 Å². The average Bonchev–Trinajstić information content (AvgIpc) is 3.28. The predicted octanol–water partition coefficient (Wildman–Crippen LogP) is 12.1. The molecule has 6 atom stereocenters. The van der Waals surface area contributed by atoms with E-state index in [2.05, 4.69) is 13.8 Å². The summed E-state index contributed by atoms with van der Waals surface area (Å²) in [6, 6.07) is 0. The molecule has 0 bridgehead atoms. The normalized spacial score (nSPS) is 21.6. The van der Waals surface area contributed by atoms with Crippen molar-refractivity contribution in [2.24, 2.45) is 0 Å². The first-order valence-electron chi connectivity index (χ1n) is 26.9. The fourth-order valence-electron chi connectivity index (χ4n) is 8.71. The second-order valence-electron chi connectivity index (χ2n) is 19.1. The van der Waals surface area contributed by atoms with Crippen LogP contribution in [0.3, 0.4) is 0 Å². The van der Waals surface area contributed by atoms with Gasteiger partial charge in [-0.05, 0) is 12.8 Å². The molecule has 64 heavy (non-hydrogen) atoms. The number of rotatable bonds is 47. The molecule has 0 heterocycles. The maximum atomic E-state index is 12.9. The Hall–Kier alpha value is -0.660. The molecule has 382 valence electrons. The van der Waals surface area contributed by atoms with E-state index in [1.807, 2.05) is 0 Å². The van der Waals surface area contributed by atoms with Crippen LogP contribution in [0.25, 0.3) is 0 Å². The molecule has 1 aliphatic rings. The molecule has 0 saturated heterocycles. The molecule has 1 rings (SSSR count). The van der Waals surface area contributed by atoms with Crippen molar-refractivity contribution in [3.05, 3.63) is 0 Å². The number of hydrogen-bond donors (Lipinski definition) is 6. The molecule has 0 aliphatic heterocycles. The van der Waals surface area contributed by atoms with E-state index in [9.17, 15) is 39.8 Å². The molecule has 12 nitrogen and oxygen atoms in total. The van der Waals surface area contributed by atoms with Crippen molar-refractivity contribution in [2.45, 2.75) is 301 Å². The van der Waals surface area contributed by atoms with Gasteiger partial charge in [0.25, 0.3) is 0 Å². The van der Waals surface area contributed by atoms with Crippen molar-refractivity contribution >= 4 is 13.8 Å². The average molecular weight is 937 g/mol. The van der Waals surface area contributed by atoms with E-state index >= 15 is 0 Å². The second-order valence-corrected chi connectivity index (χ2v) is 20.5. The summed E-state index contributed by atoms with van der Waals surface area (Å²) < 4.78 is 34.3. The molecule has 0 amide bonds. The largest absolute Gasteiger partial charge is 0.472 e. The zero-order valence-electron chi connectivity index (χ0n) is 41.1. The van der Waals surface area contributed by atoms with E-state index in [1.165, 1.54) is 193 Å². The Morgan fingerprint density at radius 2 is 0.734 bits per heavy atom. The van der Waals surface area contributed by atoms with E-state index in [0.717, 1.165) is 38.5 Å². The molecular formula is C51H101O12P. The molecule has 1 aliphatic carbocycles. The Morgan fingerprint density at radius 3 is 1.08 bits per heavy atom. The van der Waals surface area contributed by atoms with Crippen LogP contribution < -0.4 is 0 Å². The van der Waals surface area contributed by atoms with E-state index < -0.39 is 63.1 Å². The first-order valence-corrected chi connectivity index (χ1v) is 28.4. The summed E-state index contributed by atoms with van der Waals surface area (Å²) in [7, 11) is -5.01. The Kier molecular flexibility index (Phi) is 40.7. The van der Waals surface area contributed by atoms with Crippen LogP contribution >= 0.6 is 7.82 Å². The molecule has 1 saturated carbocycles. The minimum Gasteiger partial charge on any atom is -0.457 e. The van der Waals surface area contributed by atoms with Crippen molar-refractivity contribution < 1.29 is 58.3 Å². The van der Waals surface area contributed by atoms with Crippen LogP contribution in [0.1, 0.15) is 258 Å². The Morgan fingerprint density at radius 1 is 0.438 bits per heavy atom. The molecule has 0 aromatic carbocycles. The first kappa shape index (κ1) is 61.4. The summed E-state index contributed by atoms with van der Waals surface area (Å²) >= 11 is 0. The zero-order chi connectivity index (χ0) is 46.9. The third-order valence-corrected chi connectivity index (χ3v) is 14.0. The lowest BCUT2D eigenvalue weighted by molar-refractivity contribution is -0.220. The van der Waals surface area contributed by atoms with Crippen LogP contribution in [0.15, 0.2) is 0 Å². The number of aliphatic hydroxyl groups is 5. The van der Waals surface area contributed by atoms with Gasteiger partial charge in [0.2, 0.25) is 0 Å². The molecule has 0 spiro atoms. The van der Waals surface area contributed by atoms with Crippen LogP contribution in [-0.4, -0.2) is 98.9 Å². The van der Waals surface area contributed by atoms with Crippen LogP contribution in [-0.2, 0) is 27.9 Å². The number of esters is 1. The monoisotopic (exact) mass is 937 g/mol. The lowest BCUT2D eigenvalue weighted by atomic mass is 9.85. The van der Waals surface area contributed by atoms with Crippen molar-refractivity contribution in [2.75, 3.05) is 19.8 Å². The number of ether oxygens (including phenoxy) is 2. The number of carbonyl (C=O) groups excluding carboxylic acids is 1. The summed E-state index contributed by atoms with van der Waals surface area (Å²) in [4.78, 5) is 23.2. The first-order chi connectivity index (χ1) is 31.0. The van der Waals surface area contributed by atoms with Crippen LogP contribution in [0.5, 0.6) is 0 Å². The lowest BCUT2D eigenvalue weighted by Crippen LogP contribution is -2.64. The number of phosphoric acid groups is 1. The van der Waals surface area contributed by atoms with Gasteiger partial charge in [-0.2, -0.15) is 0 Å². The van der Waals surface area contributed by atoms with E-state index in [1.54, 1.807) is 0 Å². The van der Waals surface area contributed by atoms with Gasteiger partial charge in [0, 0.05) is 13.0 Å². The van der Waals surface area contributed by atoms with Crippen molar-refractivity contribution in [3.63, 3.8) is 0 Å². The lowest BCUT2D eigenvalue weighted by Gasteiger charge is -2.41. The summed E-state index contributed by atoms with van der Waals surface area (Å²) in [5, 5.41) is 50.3. The predicted molar refractivity (Wildman–Crippen MR) is 258 cm³/mol. The Balaban J connectivity index is 2.29. The quantitative estimate of drug-likeness (QED) is 0.0192. The van der Waals surface area contributed by atoms with Gasteiger partial charge in [0.15, 0.2) is 0 Å². The Labute approximate surface area is 391 Å². The molecule has 6 N–H and O–H groups in total. The summed E-state index contributed by atoms with van der Waals surface area (Å²) in [6.45, 7) is 4.33. The smallest absolute Gasteiger partial charge is 0.457 e.